The van der Waals surface area contributed by atoms with E-state index in [4.69, 9.17) is 5.26 Å². The number of amides is 1. The molecule has 0 atom stereocenters. The van der Waals surface area contributed by atoms with Crippen LogP contribution in [0.25, 0.3) is 17.0 Å². The molecule has 0 saturated heterocycles. The van der Waals surface area contributed by atoms with Gasteiger partial charge in [0.05, 0.1) is 11.6 Å². The maximum Gasteiger partial charge on any atom is 0.217 e. The van der Waals surface area contributed by atoms with Gasteiger partial charge in [0, 0.05) is 30.6 Å². The first kappa shape index (κ1) is 11.9. The van der Waals surface area contributed by atoms with Gasteiger partial charge in [-0.1, -0.05) is 12.2 Å². The van der Waals surface area contributed by atoms with Crippen LogP contribution in [0.2, 0.25) is 0 Å². The molecule has 0 aliphatic rings. The number of benzene rings is 1. The van der Waals surface area contributed by atoms with E-state index in [0.717, 1.165) is 16.5 Å². The van der Waals surface area contributed by atoms with Crippen molar-refractivity contribution in [3.8, 4) is 6.07 Å². The second-order valence-electron chi connectivity index (χ2n) is 3.96. The van der Waals surface area contributed by atoms with Gasteiger partial charge in [0.15, 0.2) is 0 Å². The zero-order valence-electron chi connectivity index (χ0n) is 10.0. The molecule has 90 valence electrons. The van der Waals surface area contributed by atoms with Crippen LogP contribution in [0.3, 0.4) is 0 Å². The highest BCUT2D eigenvalue weighted by molar-refractivity contribution is 5.89. The van der Waals surface area contributed by atoms with Crippen molar-refractivity contribution in [3.63, 3.8) is 0 Å². The van der Waals surface area contributed by atoms with Gasteiger partial charge in [0.1, 0.15) is 0 Å². The molecule has 1 heterocycles. The van der Waals surface area contributed by atoms with E-state index in [1.807, 2.05) is 30.5 Å². The van der Waals surface area contributed by atoms with Crippen molar-refractivity contribution >= 4 is 22.9 Å². The Hall–Kier alpha value is -2.54. The molecular weight excluding hydrogens is 226 g/mol. The fraction of sp³-hybridized carbons (Fsp3) is 0.143. The molecule has 2 aromatic rings. The van der Waals surface area contributed by atoms with E-state index >= 15 is 0 Å². The average Bonchev–Trinajstić information content (AvgIpc) is 2.76. The third-order valence-electron chi connectivity index (χ3n) is 2.61. The number of nitrogens with one attached hydrogen (secondary N) is 2. The molecule has 1 aromatic carbocycles. The van der Waals surface area contributed by atoms with Crippen molar-refractivity contribution < 1.29 is 4.79 Å². The highest BCUT2D eigenvalue weighted by Gasteiger charge is 2.01. The molecule has 18 heavy (non-hydrogen) atoms. The molecule has 0 radical (unpaired) electrons. The van der Waals surface area contributed by atoms with Gasteiger partial charge < -0.3 is 10.3 Å². The van der Waals surface area contributed by atoms with Crippen LogP contribution in [-0.4, -0.2) is 17.4 Å². The zero-order valence-corrected chi connectivity index (χ0v) is 10.0. The van der Waals surface area contributed by atoms with Crippen LogP contribution in [0.5, 0.6) is 0 Å². The van der Waals surface area contributed by atoms with E-state index in [-0.39, 0.29) is 5.91 Å². The predicted molar refractivity (Wildman–Crippen MR) is 70.7 cm³/mol. The molecule has 4 nitrogen and oxygen atoms in total. The lowest BCUT2D eigenvalue weighted by molar-refractivity contribution is -0.118. The monoisotopic (exact) mass is 239 g/mol. The fourth-order valence-corrected chi connectivity index (χ4v) is 1.74. The maximum atomic E-state index is 10.7. The Morgan fingerprint density at radius 3 is 3.11 bits per heavy atom. The fourth-order valence-electron chi connectivity index (χ4n) is 1.74. The Morgan fingerprint density at radius 1 is 1.56 bits per heavy atom. The highest BCUT2D eigenvalue weighted by Crippen LogP contribution is 2.20. The number of hydrogen-bond acceptors (Lipinski definition) is 2. The summed E-state index contributed by atoms with van der Waals surface area (Å²) in [7, 11) is 0. The van der Waals surface area contributed by atoms with E-state index in [1.54, 1.807) is 6.07 Å². The first-order chi connectivity index (χ1) is 8.70. The first-order valence-corrected chi connectivity index (χ1v) is 5.63. The summed E-state index contributed by atoms with van der Waals surface area (Å²) >= 11 is 0. The average molecular weight is 239 g/mol. The Balaban J connectivity index is 2.23. The van der Waals surface area contributed by atoms with Crippen molar-refractivity contribution in [2.75, 3.05) is 6.54 Å². The number of nitriles is 1. The van der Waals surface area contributed by atoms with E-state index in [2.05, 4.69) is 16.4 Å². The number of nitrogens with zero attached hydrogens (tertiary/aromatic N) is 1. The summed E-state index contributed by atoms with van der Waals surface area (Å²) < 4.78 is 0. The van der Waals surface area contributed by atoms with Crippen molar-refractivity contribution in [3.05, 3.63) is 41.6 Å². The third-order valence-corrected chi connectivity index (χ3v) is 2.61. The quantitative estimate of drug-likeness (QED) is 0.862. The normalized spacial score (nSPS) is 10.7. The van der Waals surface area contributed by atoms with Gasteiger partial charge in [-0.3, -0.25) is 4.79 Å². The van der Waals surface area contributed by atoms with Crippen LogP contribution in [0.15, 0.2) is 30.5 Å². The second kappa shape index (κ2) is 5.19. The summed E-state index contributed by atoms with van der Waals surface area (Å²) in [6.45, 7) is 1.98. The lowest BCUT2D eigenvalue weighted by Crippen LogP contribution is -2.19. The smallest absolute Gasteiger partial charge is 0.217 e. The molecule has 0 bridgehead atoms. The van der Waals surface area contributed by atoms with E-state index in [0.29, 0.717) is 12.1 Å². The minimum Gasteiger partial charge on any atom is -0.361 e. The zero-order chi connectivity index (χ0) is 13.0. The molecule has 0 aliphatic heterocycles. The molecule has 0 saturated carbocycles. The Kier molecular flexibility index (Phi) is 3.44. The van der Waals surface area contributed by atoms with Crippen molar-refractivity contribution in [1.82, 2.24) is 10.3 Å². The van der Waals surface area contributed by atoms with E-state index in [9.17, 15) is 4.79 Å². The minimum atomic E-state index is -0.0506. The predicted octanol–water partition coefficient (Wildman–Crippen LogP) is 2.19. The number of carbonyl (C=O) groups is 1. The van der Waals surface area contributed by atoms with Crippen LogP contribution in [0.1, 0.15) is 18.1 Å². The van der Waals surface area contributed by atoms with Crippen LogP contribution in [-0.2, 0) is 4.79 Å². The Bertz CT molecular complexity index is 647. The van der Waals surface area contributed by atoms with E-state index in [1.165, 1.54) is 6.92 Å². The minimum absolute atomic E-state index is 0.0506. The Morgan fingerprint density at radius 2 is 2.39 bits per heavy atom. The molecule has 2 rings (SSSR count). The van der Waals surface area contributed by atoms with Crippen LogP contribution < -0.4 is 5.32 Å². The molecule has 0 spiro atoms. The van der Waals surface area contributed by atoms with Crippen LogP contribution in [0.4, 0.5) is 0 Å². The summed E-state index contributed by atoms with van der Waals surface area (Å²) in [5.41, 5.74) is 2.64. The largest absolute Gasteiger partial charge is 0.361 e. The molecule has 1 amide bonds. The molecule has 4 heteroatoms. The van der Waals surface area contributed by atoms with Crippen molar-refractivity contribution in [2.24, 2.45) is 0 Å². The lowest BCUT2D eigenvalue weighted by Gasteiger charge is -1.95. The molecule has 1 aromatic heterocycles. The first-order valence-electron chi connectivity index (χ1n) is 5.63. The van der Waals surface area contributed by atoms with Gasteiger partial charge in [-0.15, -0.1) is 0 Å². The SMILES string of the molecule is CC(=O)NCC=Cc1c[nH]c2ccc(C#N)cc12. The number of carbonyl (C=O) groups excluding carboxylic acids is 1. The number of H-pyrrole nitrogens is 1. The number of fused-ring (bicyclic) bond motifs is 1. The number of hydrogen-bond donors (Lipinski definition) is 2. The lowest BCUT2D eigenvalue weighted by atomic mass is 10.1. The van der Waals surface area contributed by atoms with Gasteiger partial charge in [0.2, 0.25) is 5.91 Å². The Labute approximate surface area is 105 Å². The van der Waals surface area contributed by atoms with Gasteiger partial charge >= 0.3 is 0 Å². The highest BCUT2D eigenvalue weighted by atomic mass is 16.1. The molecule has 2 N–H and O–H groups in total. The van der Waals surface area contributed by atoms with Crippen LogP contribution >= 0.6 is 0 Å². The summed E-state index contributed by atoms with van der Waals surface area (Å²) in [5.74, 6) is -0.0506. The van der Waals surface area contributed by atoms with Gasteiger partial charge in [0.25, 0.3) is 0 Å². The summed E-state index contributed by atoms with van der Waals surface area (Å²) in [5, 5.41) is 12.6. The number of rotatable bonds is 3. The van der Waals surface area contributed by atoms with Crippen molar-refractivity contribution in [2.45, 2.75) is 6.92 Å². The molecular formula is C14H13N3O. The van der Waals surface area contributed by atoms with Crippen LogP contribution in [0, 0.1) is 11.3 Å². The third kappa shape index (κ3) is 2.58. The summed E-state index contributed by atoms with van der Waals surface area (Å²) in [4.78, 5) is 13.9. The topological polar surface area (TPSA) is 68.7 Å². The summed E-state index contributed by atoms with van der Waals surface area (Å²) in [6, 6.07) is 7.64. The molecule has 0 unspecified atom stereocenters. The second-order valence-corrected chi connectivity index (χ2v) is 3.96. The van der Waals surface area contributed by atoms with Crippen molar-refractivity contribution in [1.29, 1.82) is 5.26 Å². The standard InChI is InChI=1S/C14H13N3O/c1-10(18)16-6-2-3-12-9-17-14-5-4-11(8-15)7-13(12)14/h2-5,7,9,17H,6H2,1H3,(H,16,18). The number of aromatic nitrogens is 1. The van der Waals surface area contributed by atoms with E-state index < -0.39 is 0 Å². The van der Waals surface area contributed by atoms with Gasteiger partial charge in [-0.05, 0) is 23.8 Å². The van der Waals surface area contributed by atoms with Gasteiger partial charge in [-0.2, -0.15) is 5.26 Å². The number of aromatic amines is 1. The molecule has 0 fully saturated rings. The molecule has 0 aliphatic carbocycles. The summed E-state index contributed by atoms with van der Waals surface area (Å²) in [6.07, 6.45) is 5.69. The van der Waals surface area contributed by atoms with Gasteiger partial charge in [-0.25, -0.2) is 0 Å². The maximum absolute atomic E-state index is 10.7.